The van der Waals surface area contributed by atoms with Gasteiger partial charge in [0.05, 0.1) is 12.2 Å². The minimum absolute atomic E-state index is 0.0749. The van der Waals surface area contributed by atoms with Crippen LogP contribution in [0.3, 0.4) is 0 Å². The first-order valence-electron chi connectivity index (χ1n) is 7.52. The first-order chi connectivity index (χ1) is 11.9. The molecule has 0 spiro atoms. The van der Waals surface area contributed by atoms with Gasteiger partial charge in [-0.25, -0.2) is 4.98 Å². The van der Waals surface area contributed by atoms with Crippen molar-refractivity contribution in [1.82, 2.24) is 14.5 Å². The molecule has 3 aromatic rings. The molecule has 0 aliphatic heterocycles. The lowest BCUT2D eigenvalue weighted by Gasteiger charge is -2.12. The standard InChI is InChI=1S/C18H15BrIN3O2/c1-22(2)18(25)16-5-3-4-12(21-16)9-23-10-15(20)14-8-11(19)6-7-13(14)17(23)24/h3-8,10H,9H2,1-2H3. The number of nitrogens with zero attached hydrogens (tertiary/aromatic N) is 3. The molecule has 0 unspecified atom stereocenters. The fourth-order valence-corrected chi connectivity index (χ4v) is 3.67. The van der Waals surface area contributed by atoms with Crippen molar-refractivity contribution in [2.45, 2.75) is 6.54 Å². The van der Waals surface area contributed by atoms with Gasteiger partial charge in [0.25, 0.3) is 11.5 Å². The summed E-state index contributed by atoms with van der Waals surface area (Å²) in [6.07, 6.45) is 1.82. The molecule has 1 aromatic carbocycles. The summed E-state index contributed by atoms with van der Waals surface area (Å²) in [6.45, 7) is 0.315. The average Bonchev–Trinajstić information content (AvgIpc) is 2.59. The van der Waals surface area contributed by atoms with Gasteiger partial charge in [0.1, 0.15) is 5.69 Å². The van der Waals surface area contributed by atoms with Crippen molar-refractivity contribution in [3.8, 4) is 0 Å². The van der Waals surface area contributed by atoms with Gasteiger partial charge in [-0.1, -0.05) is 22.0 Å². The zero-order valence-corrected chi connectivity index (χ0v) is 17.4. The highest BCUT2D eigenvalue weighted by Crippen LogP contribution is 2.22. The molecule has 25 heavy (non-hydrogen) atoms. The minimum atomic E-state index is -0.160. The molecule has 2 aromatic heterocycles. The number of rotatable bonds is 3. The normalized spacial score (nSPS) is 10.9. The van der Waals surface area contributed by atoms with Gasteiger partial charge in [0, 0.05) is 39.1 Å². The quantitative estimate of drug-likeness (QED) is 0.506. The van der Waals surface area contributed by atoms with Gasteiger partial charge in [0.15, 0.2) is 0 Å². The Bertz CT molecular complexity index is 1030. The first kappa shape index (κ1) is 18.1. The van der Waals surface area contributed by atoms with Crippen LogP contribution in [0.25, 0.3) is 10.8 Å². The molecule has 0 radical (unpaired) electrons. The van der Waals surface area contributed by atoms with Crippen LogP contribution in [0.15, 0.2) is 51.9 Å². The topological polar surface area (TPSA) is 55.2 Å². The number of carbonyl (C=O) groups is 1. The molecule has 0 aliphatic rings. The molecule has 0 N–H and O–H groups in total. The third-order valence-corrected chi connectivity index (χ3v) is 5.12. The van der Waals surface area contributed by atoms with Crippen LogP contribution < -0.4 is 5.56 Å². The van der Waals surface area contributed by atoms with Gasteiger partial charge in [0.2, 0.25) is 0 Å². The van der Waals surface area contributed by atoms with Crippen LogP contribution in [0.4, 0.5) is 0 Å². The number of hydrogen-bond donors (Lipinski definition) is 0. The van der Waals surface area contributed by atoms with E-state index in [1.165, 1.54) is 4.90 Å². The van der Waals surface area contributed by atoms with Crippen LogP contribution in [-0.4, -0.2) is 34.5 Å². The van der Waals surface area contributed by atoms with E-state index >= 15 is 0 Å². The number of hydrogen-bond acceptors (Lipinski definition) is 3. The monoisotopic (exact) mass is 511 g/mol. The van der Waals surface area contributed by atoms with Gasteiger partial charge < -0.3 is 9.47 Å². The van der Waals surface area contributed by atoms with Gasteiger partial charge >= 0.3 is 0 Å². The van der Waals surface area contributed by atoms with E-state index in [1.807, 2.05) is 30.5 Å². The van der Waals surface area contributed by atoms with E-state index in [9.17, 15) is 9.59 Å². The Morgan fingerprint density at radius 3 is 2.72 bits per heavy atom. The Hall–Kier alpha value is -1.74. The molecule has 0 aliphatic carbocycles. The molecule has 7 heteroatoms. The molecule has 0 saturated carbocycles. The minimum Gasteiger partial charge on any atom is -0.343 e. The summed E-state index contributed by atoms with van der Waals surface area (Å²) in [5.41, 5.74) is 0.964. The number of carbonyl (C=O) groups excluding carboxylic acids is 1. The second-order valence-electron chi connectivity index (χ2n) is 5.81. The van der Waals surface area contributed by atoms with Crippen LogP contribution in [0.1, 0.15) is 16.2 Å². The van der Waals surface area contributed by atoms with E-state index in [2.05, 4.69) is 43.5 Å². The fraction of sp³-hybridized carbons (Fsp3) is 0.167. The van der Waals surface area contributed by atoms with E-state index in [-0.39, 0.29) is 11.5 Å². The lowest BCUT2D eigenvalue weighted by molar-refractivity contribution is 0.0821. The van der Waals surface area contributed by atoms with Gasteiger partial charge in [-0.2, -0.15) is 0 Å². The van der Waals surface area contributed by atoms with Crippen molar-refractivity contribution >= 4 is 55.2 Å². The number of halogens is 2. The Morgan fingerprint density at radius 2 is 2.00 bits per heavy atom. The van der Waals surface area contributed by atoms with E-state index in [0.29, 0.717) is 23.3 Å². The number of pyridine rings is 2. The highest BCUT2D eigenvalue weighted by molar-refractivity contribution is 14.1. The molecular formula is C18H15BrIN3O2. The lowest BCUT2D eigenvalue weighted by Crippen LogP contribution is -2.24. The molecule has 0 fully saturated rings. The predicted molar refractivity (Wildman–Crippen MR) is 110 cm³/mol. The summed E-state index contributed by atoms with van der Waals surface area (Å²) in [7, 11) is 3.37. The lowest BCUT2D eigenvalue weighted by atomic mass is 10.2. The zero-order valence-electron chi connectivity index (χ0n) is 13.7. The maximum atomic E-state index is 12.8. The maximum absolute atomic E-state index is 12.8. The van der Waals surface area contributed by atoms with Crippen molar-refractivity contribution in [3.63, 3.8) is 0 Å². The summed E-state index contributed by atoms with van der Waals surface area (Å²) in [6, 6.07) is 10.9. The van der Waals surface area contributed by atoms with Crippen LogP contribution in [0.5, 0.6) is 0 Å². The molecule has 0 bridgehead atoms. The fourth-order valence-electron chi connectivity index (χ4n) is 2.53. The molecule has 0 saturated heterocycles. The second-order valence-corrected chi connectivity index (χ2v) is 7.89. The average molecular weight is 512 g/mol. The highest BCUT2D eigenvalue weighted by Gasteiger charge is 2.12. The SMILES string of the molecule is CN(C)C(=O)c1cccc(Cn2cc(I)c3cc(Br)ccc3c2=O)n1. The van der Waals surface area contributed by atoms with Crippen molar-refractivity contribution in [2.75, 3.05) is 14.1 Å². The van der Waals surface area contributed by atoms with E-state index in [4.69, 9.17) is 0 Å². The molecule has 3 rings (SSSR count). The third kappa shape index (κ3) is 3.77. The summed E-state index contributed by atoms with van der Waals surface area (Å²) in [5, 5.41) is 1.58. The number of fused-ring (bicyclic) bond motifs is 1. The Labute approximate surface area is 166 Å². The zero-order chi connectivity index (χ0) is 18.1. The molecular weight excluding hydrogens is 497 g/mol. The number of amides is 1. The van der Waals surface area contributed by atoms with Crippen LogP contribution in [-0.2, 0) is 6.54 Å². The largest absolute Gasteiger partial charge is 0.343 e. The van der Waals surface area contributed by atoms with Crippen molar-refractivity contribution in [3.05, 3.63) is 72.4 Å². The number of benzene rings is 1. The number of aromatic nitrogens is 2. The van der Waals surface area contributed by atoms with Crippen LogP contribution in [0, 0.1) is 3.57 Å². The third-order valence-electron chi connectivity index (χ3n) is 3.76. The summed E-state index contributed by atoms with van der Waals surface area (Å²) in [4.78, 5) is 30.7. The van der Waals surface area contributed by atoms with Crippen LogP contribution >= 0.6 is 38.5 Å². The van der Waals surface area contributed by atoms with E-state index in [0.717, 1.165) is 13.4 Å². The smallest absolute Gasteiger partial charge is 0.271 e. The van der Waals surface area contributed by atoms with Crippen molar-refractivity contribution < 1.29 is 4.79 Å². The van der Waals surface area contributed by atoms with Gasteiger partial charge in [-0.05, 0) is 52.9 Å². The van der Waals surface area contributed by atoms with Gasteiger partial charge in [-0.15, -0.1) is 0 Å². The second kappa shape index (κ2) is 7.25. The molecule has 5 nitrogen and oxygen atoms in total. The summed E-state index contributed by atoms with van der Waals surface area (Å²) in [5.74, 6) is -0.160. The van der Waals surface area contributed by atoms with Crippen molar-refractivity contribution in [1.29, 1.82) is 0 Å². The Balaban J connectivity index is 2.03. The van der Waals surface area contributed by atoms with Crippen molar-refractivity contribution in [2.24, 2.45) is 0 Å². The van der Waals surface area contributed by atoms with Gasteiger partial charge in [-0.3, -0.25) is 9.59 Å². The van der Waals surface area contributed by atoms with E-state index in [1.54, 1.807) is 30.8 Å². The maximum Gasteiger partial charge on any atom is 0.271 e. The summed E-state index contributed by atoms with van der Waals surface area (Å²) < 4.78 is 3.55. The predicted octanol–water partition coefficient (Wildman–Crippen LogP) is 3.51. The first-order valence-corrected chi connectivity index (χ1v) is 9.40. The Morgan fingerprint density at radius 1 is 1.24 bits per heavy atom. The molecule has 128 valence electrons. The molecule has 1 amide bonds. The highest BCUT2D eigenvalue weighted by atomic mass is 127. The van der Waals surface area contributed by atoms with E-state index < -0.39 is 0 Å². The van der Waals surface area contributed by atoms with Crippen LogP contribution in [0.2, 0.25) is 0 Å². The molecule has 0 atom stereocenters. The summed E-state index contributed by atoms with van der Waals surface area (Å²) >= 11 is 5.66. The Kier molecular flexibility index (Phi) is 5.24. The molecule has 2 heterocycles.